The first-order valence-electron chi connectivity index (χ1n) is 4.15. The van der Waals surface area contributed by atoms with Crippen LogP contribution in [0.3, 0.4) is 0 Å². The van der Waals surface area contributed by atoms with Crippen LogP contribution in [0, 0.1) is 0 Å². The van der Waals surface area contributed by atoms with Gasteiger partial charge in [0.1, 0.15) is 0 Å². The maximum atomic E-state index is 11.0. The van der Waals surface area contributed by atoms with E-state index in [1.54, 1.807) is 0 Å². The van der Waals surface area contributed by atoms with Crippen molar-refractivity contribution in [1.82, 2.24) is 5.32 Å². The van der Waals surface area contributed by atoms with Gasteiger partial charge >= 0.3 is 0 Å². The van der Waals surface area contributed by atoms with Gasteiger partial charge in [-0.05, 0) is 17.7 Å². The Balaban J connectivity index is 2.35. The molecule has 0 aliphatic carbocycles. The number of fused-ring (bicyclic) bond motifs is 1. The van der Waals surface area contributed by atoms with E-state index in [1.165, 1.54) is 0 Å². The largest absolute Gasteiger partial charge is 0.399 e. The first-order valence-corrected chi connectivity index (χ1v) is 4.15. The first-order chi connectivity index (χ1) is 6.25. The van der Waals surface area contributed by atoms with E-state index in [2.05, 4.69) is 10.6 Å². The van der Waals surface area contributed by atoms with Gasteiger partial charge in [0.15, 0.2) is 0 Å². The third-order valence-electron chi connectivity index (χ3n) is 2.05. The quantitative estimate of drug-likeness (QED) is 0.500. The number of rotatable bonds is 0. The predicted octanol–water partition coefficient (Wildman–Crippen LogP) is 0.310. The standard InChI is InChI=1S/C9H11N3O/c10-7-2-1-6-4-12-9(13)5-11-8(6)3-7/h1-3,11H,4-5,10H2,(H,12,13). The van der Waals surface area contributed by atoms with E-state index in [0.717, 1.165) is 11.3 Å². The van der Waals surface area contributed by atoms with Gasteiger partial charge in [0, 0.05) is 17.9 Å². The van der Waals surface area contributed by atoms with Crippen LogP contribution < -0.4 is 16.4 Å². The predicted molar refractivity (Wildman–Crippen MR) is 51.2 cm³/mol. The van der Waals surface area contributed by atoms with E-state index in [-0.39, 0.29) is 5.91 Å². The smallest absolute Gasteiger partial charge is 0.239 e. The van der Waals surface area contributed by atoms with E-state index >= 15 is 0 Å². The normalized spacial score (nSPS) is 15.2. The number of carbonyl (C=O) groups is 1. The lowest BCUT2D eigenvalue weighted by molar-refractivity contribution is -0.119. The average molecular weight is 177 g/mol. The molecular weight excluding hydrogens is 166 g/mol. The van der Waals surface area contributed by atoms with Crippen LogP contribution in [0.25, 0.3) is 0 Å². The summed E-state index contributed by atoms with van der Waals surface area (Å²) < 4.78 is 0. The molecule has 0 spiro atoms. The summed E-state index contributed by atoms with van der Waals surface area (Å²) in [5.41, 5.74) is 8.34. The van der Waals surface area contributed by atoms with Crippen LogP contribution >= 0.6 is 0 Å². The molecule has 0 unspecified atom stereocenters. The highest BCUT2D eigenvalue weighted by Gasteiger charge is 2.10. The third-order valence-corrected chi connectivity index (χ3v) is 2.05. The zero-order chi connectivity index (χ0) is 9.26. The molecule has 0 fully saturated rings. The number of benzene rings is 1. The maximum absolute atomic E-state index is 11.0. The second kappa shape index (κ2) is 2.97. The van der Waals surface area contributed by atoms with Gasteiger partial charge in [-0.3, -0.25) is 4.79 Å². The van der Waals surface area contributed by atoms with Crippen molar-refractivity contribution in [1.29, 1.82) is 0 Å². The van der Waals surface area contributed by atoms with Gasteiger partial charge in [0.25, 0.3) is 0 Å². The molecule has 0 bridgehead atoms. The molecule has 1 aliphatic heterocycles. The lowest BCUT2D eigenvalue weighted by Gasteiger charge is -2.06. The molecular formula is C9H11N3O. The average Bonchev–Trinajstić information content (AvgIpc) is 2.29. The topological polar surface area (TPSA) is 67.1 Å². The molecule has 4 nitrogen and oxygen atoms in total. The molecule has 1 aliphatic rings. The number of nitrogens with two attached hydrogens (primary N) is 1. The molecule has 13 heavy (non-hydrogen) atoms. The van der Waals surface area contributed by atoms with Crippen molar-refractivity contribution in [2.75, 3.05) is 17.6 Å². The summed E-state index contributed by atoms with van der Waals surface area (Å²) in [6, 6.07) is 5.59. The fraction of sp³-hybridized carbons (Fsp3) is 0.222. The molecule has 4 heteroatoms. The minimum Gasteiger partial charge on any atom is -0.399 e. The Labute approximate surface area is 76.1 Å². The molecule has 1 heterocycles. The molecule has 0 radical (unpaired) electrons. The van der Waals surface area contributed by atoms with Crippen molar-refractivity contribution >= 4 is 17.3 Å². The van der Waals surface area contributed by atoms with Crippen molar-refractivity contribution in [2.45, 2.75) is 6.54 Å². The molecule has 1 aromatic carbocycles. The molecule has 1 aromatic rings. The van der Waals surface area contributed by atoms with Gasteiger partial charge in [0.2, 0.25) is 5.91 Å². The number of hydrogen-bond donors (Lipinski definition) is 3. The highest BCUT2D eigenvalue weighted by Crippen LogP contribution is 2.20. The zero-order valence-corrected chi connectivity index (χ0v) is 7.13. The minimum absolute atomic E-state index is 0.00905. The summed E-state index contributed by atoms with van der Waals surface area (Å²) >= 11 is 0. The Kier molecular flexibility index (Phi) is 1.81. The Bertz CT molecular complexity index is 349. The summed E-state index contributed by atoms with van der Waals surface area (Å²) in [5, 5.41) is 5.80. The van der Waals surface area contributed by atoms with Crippen molar-refractivity contribution in [2.24, 2.45) is 0 Å². The Hall–Kier alpha value is -1.71. The Morgan fingerprint density at radius 2 is 2.08 bits per heavy atom. The van der Waals surface area contributed by atoms with E-state index in [9.17, 15) is 4.79 Å². The zero-order valence-electron chi connectivity index (χ0n) is 7.13. The molecule has 1 amide bonds. The van der Waals surface area contributed by atoms with Crippen LogP contribution in [0.2, 0.25) is 0 Å². The fourth-order valence-corrected chi connectivity index (χ4v) is 1.34. The molecule has 0 saturated carbocycles. The van der Waals surface area contributed by atoms with Gasteiger partial charge in [0.05, 0.1) is 6.54 Å². The first kappa shape index (κ1) is 7.91. The molecule has 0 saturated heterocycles. The van der Waals surface area contributed by atoms with Crippen molar-refractivity contribution < 1.29 is 4.79 Å². The number of nitrogen functional groups attached to an aromatic ring is 1. The number of amides is 1. The number of hydrogen-bond acceptors (Lipinski definition) is 3. The maximum Gasteiger partial charge on any atom is 0.239 e. The number of nitrogens with one attached hydrogen (secondary N) is 2. The molecule has 0 atom stereocenters. The van der Waals surface area contributed by atoms with Gasteiger partial charge in [-0.2, -0.15) is 0 Å². The molecule has 68 valence electrons. The van der Waals surface area contributed by atoms with Crippen molar-refractivity contribution in [3.63, 3.8) is 0 Å². The number of carbonyl (C=O) groups excluding carboxylic acids is 1. The van der Waals surface area contributed by atoms with Gasteiger partial charge in [-0.15, -0.1) is 0 Å². The third kappa shape index (κ3) is 1.56. The van der Waals surface area contributed by atoms with Crippen LogP contribution in [0.4, 0.5) is 11.4 Å². The minimum atomic E-state index is 0.00905. The fourth-order valence-electron chi connectivity index (χ4n) is 1.34. The highest BCUT2D eigenvalue weighted by molar-refractivity contribution is 5.82. The second-order valence-electron chi connectivity index (χ2n) is 3.05. The van der Waals surface area contributed by atoms with E-state index in [1.807, 2.05) is 18.2 Å². The van der Waals surface area contributed by atoms with Gasteiger partial charge in [-0.25, -0.2) is 0 Å². The summed E-state index contributed by atoms with van der Waals surface area (Å²) in [6.45, 7) is 0.887. The lowest BCUT2D eigenvalue weighted by atomic mass is 10.1. The highest BCUT2D eigenvalue weighted by atomic mass is 16.1. The number of anilines is 2. The van der Waals surface area contributed by atoms with Crippen molar-refractivity contribution in [3.8, 4) is 0 Å². The summed E-state index contributed by atoms with van der Waals surface area (Å²) in [5.74, 6) is 0.00905. The van der Waals surface area contributed by atoms with Crippen LogP contribution in [-0.2, 0) is 11.3 Å². The van der Waals surface area contributed by atoms with Crippen LogP contribution in [0.5, 0.6) is 0 Å². The van der Waals surface area contributed by atoms with Gasteiger partial charge in [-0.1, -0.05) is 6.07 Å². The van der Waals surface area contributed by atoms with E-state index in [4.69, 9.17) is 5.73 Å². The Morgan fingerprint density at radius 1 is 1.23 bits per heavy atom. The molecule has 2 rings (SSSR count). The van der Waals surface area contributed by atoms with Gasteiger partial charge < -0.3 is 16.4 Å². The summed E-state index contributed by atoms with van der Waals surface area (Å²) in [6.07, 6.45) is 0. The SMILES string of the molecule is Nc1ccc2c(c1)NCC(=O)NC2. The van der Waals surface area contributed by atoms with Crippen molar-refractivity contribution in [3.05, 3.63) is 23.8 Å². The summed E-state index contributed by atoms with van der Waals surface area (Å²) in [7, 11) is 0. The Morgan fingerprint density at radius 3 is 2.92 bits per heavy atom. The van der Waals surface area contributed by atoms with Crippen LogP contribution in [0.15, 0.2) is 18.2 Å². The molecule has 0 aromatic heterocycles. The van der Waals surface area contributed by atoms with Crippen LogP contribution in [-0.4, -0.2) is 12.5 Å². The second-order valence-corrected chi connectivity index (χ2v) is 3.05. The summed E-state index contributed by atoms with van der Waals surface area (Å²) in [4.78, 5) is 11.0. The monoisotopic (exact) mass is 177 g/mol. The van der Waals surface area contributed by atoms with E-state index < -0.39 is 0 Å². The lowest BCUT2D eigenvalue weighted by Crippen LogP contribution is -2.25. The molecule has 4 N–H and O–H groups in total. The van der Waals surface area contributed by atoms with E-state index in [0.29, 0.717) is 18.8 Å². The van der Waals surface area contributed by atoms with Crippen LogP contribution in [0.1, 0.15) is 5.56 Å².